The van der Waals surface area contributed by atoms with E-state index in [1.165, 1.54) is 5.56 Å². The summed E-state index contributed by atoms with van der Waals surface area (Å²) in [4.78, 5) is 15.9. The minimum Gasteiger partial charge on any atom is -0.457 e. The van der Waals surface area contributed by atoms with Gasteiger partial charge in [0.15, 0.2) is 0 Å². The summed E-state index contributed by atoms with van der Waals surface area (Å²) in [5.74, 6) is -0.251. The molecule has 0 radical (unpaired) electrons. The fraction of sp³-hybridized carbons (Fsp3) is 0.368. The van der Waals surface area contributed by atoms with Gasteiger partial charge in [-0.3, -0.25) is 4.68 Å². The second-order valence-electron chi connectivity index (χ2n) is 6.56. The molecule has 5 heteroatoms. The van der Waals surface area contributed by atoms with Crippen LogP contribution in [0.1, 0.15) is 46.9 Å². The van der Waals surface area contributed by atoms with Crippen LogP contribution in [0, 0.1) is 13.8 Å². The molecular formula is C19H21N3O2. The Morgan fingerprint density at radius 2 is 2.21 bits per heavy atom. The van der Waals surface area contributed by atoms with Crippen LogP contribution in [0.15, 0.2) is 36.7 Å². The molecule has 1 aliphatic rings. The lowest BCUT2D eigenvalue weighted by Crippen LogP contribution is -2.25. The smallest absolute Gasteiger partial charge is 0.338 e. The van der Waals surface area contributed by atoms with Crippen LogP contribution in [0.5, 0.6) is 0 Å². The van der Waals surface area contributed by atoms with Crippen LogP contribution in [0.4, 0.5) is 0 Å². The first-order valence-corrected chi connectivity index (χ1v) is 8.42. The van der Waals surface area contributed by atoms with Gasteiger partial charge in [0.05, 0.1) is 11.6 Å². The molecule has 1 N–H and O–H groups in total. The zero-order valence-corrected chi connectivity index (χ0v) is 14.0. The summed E-state index contributed by atoms with van der Waals surface area (Å²) in [5.41, 5.74) is 3.97. The molecule has 1 fully saturated rings. The van der Waals surface area contributed by atoms with Gasteiger partial charge in [-0.1, -0.05) is 0 Å². The van der Waals surface area contributed by atoms with Gasteiger partial charge >= 0.3 is 5.97 Å². The highest BCUT2D eigenvalue weighted by molar-refractivity contribution is 5.96. The highest BCUT2D eigenvalue weighted by atomic mass is 16.5. The fourth-order valence-corrected chi connectivity index (χ4v) is 3.62. The van der Waals surface area contributed by atoms with Crippen LogP contribution < -0.4 is 0 Å². The number of nitrogens with one attached hydrogen (secondary N) is 1. The topological polar surface area (TPSA) is 59.9 Å². The fourth-order valence-electron chi connectivity index (χ4n) is 3.62. The van der Waals surface area contributed by atoms with Crippen molar-refractivity contribution in [3.8, 4) is 0 Å². The van der Waals surface area contributed by atoms with Crippen molar-refractivity contribution in [1.29, 1.82) is 0 Å². The van der Waals surface area contributed by atoms with Crippen LogP contribution in [0.25, 0.3) is 10.9 Å². The van der Waals surface area contributed by atoms with Gasteiger partial charge < -0.3 is 9.72 Å². The van der Waals surface area contributed by atoms with E-state index >= 15 is 0 Å². The molecule has 0 amide bonds. The summed E-state index contributed by atoms with van der Waals surface area (Å²) in [7, 11) is 0. The first-order valence-electron chi connectivity index (χ1n) is 8.42. The number of carbonyl (C=O) groups excluding carboxylic acids is 1. The van der Waals surface area contributed by atoms with Crippen molar-refractivity contribution in [2.45, 2.75) is 45.3 Å². The number of rotatable bonds is 3. The number of esters is 1. The molecule has 4 rings (SSSR count). The zero-order valence-electron chi connectivity index (χ0n) is 14.0. The lowest BCUT2D eigenvalue weighted by molar-refractivity contribution is 0.0210. The monoisotopic (exact) mass is 323 g/mol. The standard InChI is InChI=1S/C19H21N3O2/c1-12-13(2)21-16-8-7-14(11-15(12)16)19(23)24-18-6-3-5-17(18)22-10-4-9-20-22/h4,7-11,17-18,21H,3,5-6H2,1-2H3/t17-,18-/m1/s1. The molecule has 0 saturated heterocycles. The highest BCUT2D eigenvalue weighted by Crippen LogP contribution is 2.32. The largest absolute Gasteiger partial charge is 0.457 e. The second kappa shape index (κ2) is 5.82. The minimum atomic E-state index is -0.251. The molecule has 2 heterocycles. The van der Waals surface area contributed by atoms with E-state index < -0.39 is 0 Å². The summed E-state index contributed by atoms with van der Waals surface area (Å²) in [5, 5.41) is 5.39. The summed E-state index contributed by atoms with van der Waals surface area (Å²) in [6, 6.07) is 7.75. The molecule has 1 aromatic carbocycles. The zero-order chi connectivity index (χ0) is 16.7. The van der Waals surface area contributed by atoms with Crippen LogP contribution >= 0.6 is 0 Å². The van der Waals surface area contributed by atoms with Crippen molar-refractivity contribution in [1.82, 2.24) is 14.8 Å². The van der Waals surface area contributed by atoms with E-state index in [-0.39, 0.29) is 18.1 Å². The van der Waals surface area contributed by atoms with Gasteiger partial charge in [-0.2, -0.15) is 5.10 Å². The second-order valence-corrected chi connectivity index (χ2v) is 6.56. The first kappa shape index (κ1) is 15.0. The van der Waals surface area contributed by atoms with Crippen molar-refractivity contribution in [3.05, 3.63) is 53.5 Å². The van der Waals surface area contributed by atoms with Crippen molar-refractivity contribution in [3.63, 3.8) is 0 Å². The Bertz CT molecular complexity index is 880. The number of nitrogens with zero attached hydrogens (tertiary/aromatic N) is 2. The Morgan fingerprint density at radius 1 is 1.33 bits per heavy atom. The highest BCUT2D eigenvalue weighted by Gasteiger charge is 2.32. The van der Waals surface area contributed by atoms with E-state index in [2.05, 4.69) is 17.0 Å². The van der Waals surface area contributed by atoms with Gasteiger partial charge in [-0.05, 0) is 62.9 Å². The lowest BCUT2D eigenvalue weighted by atomic mass is 10.1. The van der Waals surface area contributed by atoms with Crippen molar-refractivity contribution >= 4 is 16.9 Å². The summed E-state index contributed by atoms with van der Waals surface area (Å²) < 4.78 is 7.73. The van der Waals surface area contributed by atoms with Crippen LogP contribution in [0.3, 0.4) is 0 Å². The number of fused-ring (bicyclic) bond motifs is 1. The number of aryl methyl sites for hydroxylation is 2. The third-order valence-electron chi connectivity index (χ3n) is 5.08. The SMILES string of the molecule is Cc1[nH]c2ccc(C(=O)O[C@@H]3CCC[C@H]3n3cccn3)cc2c1C. The lowest BCUT2D eigenvalue weighted by Gasteiger charge is -2.20. The Hall–Kier alpha value is -2.56. The maximum Gasteiger partial charge on any atom is 0.338 e. The molecule has 0 aliphatic heterocycles. The number of hydrogen-bond donors (Lipinski definition) is 1. The predicted molar refractivity (Wildman–Crippen MR) is 92.1 cm³/mol. The van der Waals surface area contributed by atoms with E-state index in [9.17, 15) is 4.79 Å². The molecule has 0 spiro atoms. The average Bonchev–Trinajstić information content (AvgIpc) is 3.29. The van der Waals surface area contributed by atoms with Gasteiger partial charge in [-0.25, -0.2) is 4.79 Å². The number of ether oxygens (including phenoxy) is 1. The number of carbonyl (C=O) groups is 1. The number of aromatic nitrogens is 3. The number of hydrogen-bond acceptors (Lipinski definition) is 3. The normalized spacial score (nSPS) is 20.6. The molecule has 24 heavy (non-hydrogen) atoms. The summed E-state index contributed by atoms with van der Waals surface area (Å²) in [6.45, 7) is 4.11. The van der Waals surface area contributed by atoms with Crippen LogP contribution in [-0.2, 0) is 4.74 Å². The van der Waals surface area contributed by atoms with E-state index in [0.717, 1.165) is 35.9 Å². The molecule has 1 aliphatic carbocycles. The maximum atomic E-state index is 12.6. The molecular weight excluding hydrogens is 302 g/mol. The van der Waals surface area contributed by atoms with Gasteiger partial charge in [0.25, 0.3) is 0 Å². The first-order chi connectivity index (χ1) is 11.6. The summed E-state index contributed by atoms with van der Waals surface area (Å²) >= 11 is 0. The van der Waals surface area contributed by atoms with E-state index in [1.54, 1.807) is 6.20 Å². The number of H-pyrrole nitrogens is 1. The molecule has 2 aromatic heterocycles. The van der Waals surface area contributed by atoms with Crippen molar-refractivity contribution in [2.75, 3.05) is 0 Å². The van der Waals surface area contributed by atoms with E-state index in [0.29, 0.717) is 5.56 Å². The molecule has 1 saturated carbocycles. The van der Waals surface area contributed by atoms with E-state index in [1.807, 2.05) is 42.1 Å². The molecule has 2 atom stereocenters. The summed E-state index contributed by atoms with van der Waals surface area (Å²) in [6.07, 6.45) is 6.53. The molecule has 0 unspecified atom stereocenters. The predicted octanol–water partition coefficient (Wildman–Crippen LogP) is 3.93. The average molecular weight is 323 g/mol. The van der Waals surface area contributed by atoms with Gasteiger partial charge in [0, 0.05) is 29.0 Å². The minimum absolute atomic E-state index is 0.109. The van der Waals surface area contributed by atoms with E-state index in [4.69, 9.17) is 4.74 Å². The molecule has 0 bridgehead atoms. The van der Waals surface area contributed by atoms with Gasteiger partial charge in [0.1, 0.15) is 6.10 Å². The van der Waals surface area contributed by atoms with Crippen LogP contribution in [-0.4, -0.2) is 26.8 Å². The van der Waals surface area contributed by atoms with Gasteiger partial charge in [0.2, 0.25) is 0 Å². The van der Waals surface area contributed by atoms with Crippen LogP contribution in [0.2, 0.25) is 0 Å². The third kappa shape index (κ3) is 2.50. The Balaban J connectivity index is 1.56. The van der Waals surface area contributed by atoms with Crippen molar-refractivity contribution < 1.29 is 9.53 Å². The number of aromatic amines is 1. The third-order valence-corrected chi connectivity index (χ3v) is 5.08. The molecule has 3 aromatic rings. The Morgan fingerprint density at radius 3 is 3.00 bits per heavy atom. The molecule has 5 nitrogen and oxygen atoms in total. The Kier molecular flexibility index (Phi) is 3.63. The maximum absolute atomic E-state index is 12.6. The van der Waals surface area contributed by atoms with Crippen molar-refractivity contribution in [2.24, 2.45) is 0 Å². The Labute approximate surface area is 140 Å². The molecule has 124 valence electrons. The van der Waals surface area contributed by atoms with Gasteiger partial charge in [-0.15, -0.1) is 0 Å². The quantitative estimate of drug-likeness (QED) is 0.743. The number of benzene rings is 1.